The minimum absolute atomic E-state index is 0.0184. The van der Waals surface area contributed by atoms with Gasteiger partial charge in [0.2, 0.25) is 0 Å². The zero-order valence-electron chi connectivity index (χ0n) is 31.1. The molecule has 0 rings (SSSR count). The third-order valence-electron chi connectivity index (χ3n) is 7.96. The smallest absolute Gasteiger partial charge is 0.306 e. The molecule has 0 saturated carbocycles. The van der Waals surface area contributed by atoms with Gasteiger partial charge in [-0.2, -0.15) is 0 Å². The Labute approximate surface area is 293 Å². The average molecular weight is 676 g/mol. The Balaban J connectivity index is 4.40. The van der Waals surface area contributed by atoms with Gasteiger partial charge < -0.3 is 28.6 Å². The number of carboxylic acid groups (broad SMARTS) is 1. The summed E-state index contributed by atoms with van der Waals surface area (Å²) in [5.74, 6) is -1.85. The van der Waals surface area contributed by atoms with E-state index in [-0.39, 0.29) is 49.1 Å². The van der Waals surface area contributed by atoms with Gasteiger partial charge in [-0.3, -0.25) is 9.59 Å². The van der Waals surface area contributed by atoms with Gasteiger partial charge in [0.1, 0.15) is 12.6 Å². The summed E-state index contributed by atoms with van der Waals surface area (Å²) < 4.78 is 16.9. The van der Waals surface area contributed by atoms with Crippen molar-refractivity contribution in [1.82, 2.24) is 0 Å². The predicted molar refractivity (Wildman–Crippen MR) is 194 cm³/mol. The minimum Gasteiger partial charge on any atom is -0.544 e. The van der Waals surface area contributed by atoms with Gasteiger partial charge in [-0.1, -0.05) is 107 Å². The Kier molecular flexibility index (Phi) is 29.8. The Morgan fingerprint density at radius 2 is 1.21 bits per heavy atom. The highest BCUT2D eigenvalue weighted by Gasteiger charge is 2.25. The monoisotopic (exact) mass is 676 g/mol. The highest BCUT2D eigenvalue weighted by Crippen LogP contribution is 2.12. The molecule has 0 aliphatic heterocycles. The Morgan fingerprint density at radius 3 is 1.79 bits per heavy atom. The number of carbonyl (C=O) groups is 3. The first-order valence-electron chi connectivity index (χ1n) is 18.7. The first-order chi connectivity index (χ1) is 23.1. The van der Waals surface area contributed by atoms with Crippen molar-refractivity contribution in [2.45, 2.75) is 148 Å². The van der Waals surface area contributed by atoms with Crippen LogP contribution in [0.5, 0.6) is 0 Å². The van der Waals surface area contributed by atoms with Crippen LogP contribution in [0.25, 0.3) is 0 Å². The van der Waals surface area contributed by atoms with Crippen LogP contribution in [-0.2, 0) is 28.6 Å². The normalized spacial score (nSPS) is 13.6. The first-order valence-corrected chi connectivity index (χ1v) is 18.7. The molecule has 8 heteroatoms. The van der Waals surface area contributed by atoms with Crippen molar-refractivity contribution in [3.05, 3.63) is 48.6 Å². The van der Waals surface area contributed by atoms with Gasteiger partial charge in [0.15, 0.2) is 6.10 Å². The largest absolute Gasteiger partial charge is 0.544 e. The standard InChI is InChI=1S/C40H69NO7/c1-6-8-10-12-14-15-16-17-18-19-20-21-22-23-25-27-29-31-39(43)48-36(34-46-33-32-37(40(44)45)41(3,4)5)35-47-38(42)30-28-26-24-13-11-9-7-2/h9,11,14-15,17-18,24,26,36-37H,6-8,10,12-13,16,19-23,25,27-35H2,1-5H3/b11-9+,15-14+,18-17+,26-24+. The molecule has 2 unspecified atom stereocenters. The molecule has 0 fully saturated rings. The molecule has 48 heavy (non-hydrogen) atoms. The molecular weight excluding hydrogens is 606 g/mol. The van der Waals surface area contributed by atoms with E-state index in [9.17, 15) is 19.5 Å². The van der Waals surface area contributed by atoms with Crippen molar-refractivity contribution in [3.8, 4) is 0 Å². The van der Waals surface area contributed by atoms with E-state index in [1.165, 1.54) is 44.9 Å². The number of quaternary nitrogens is 1. The fourth-order valence-corrected chi connectivity index (χ4v) is 5.04. The van der Waals surface area contributed by atoms with Crippen molar-refractivity contribution in [2.24, 2.45) is 0 Å². The molecule has 0 aromatic heterocycles. The van der Waals surface area contributed by atoms with Crippen LogP contribution in [0, 0.1) is 0 Å². The molecule has 0 aromatic carbocycles. The van der Waals surface area contributed by atoms with Gasteiger partial charge >= 0.3 is 11.9 Å². The fourth-order valence-electron chi connectivity index (χ4n) is 5.04. The van der Waals surface area contributed by atoms with E-state index in [1.807, 2.05) is 12.2 Å². The maximum absolute atomic E-state index is 12.6. The second-order valence-corrected chi connectivity index (χ2v) is 13.4. The van der Waals surface area contributed by atoms with Crippen LogP contribution in [-0.4, -0.2) is 75.5 Å². The van der Waals surface area contributed by atoms with Crippen LogP contribution in [0.4, 0.5) is 0 Å². The van der Waals surface area contributed by atoms with Crippen molar-refractivity contribution < 1.29 is 38.2 Å². The summed E-state index contributed by atoms with van der Waals surface area (Å²) in [5.41, 5.74) is 0. The van der Waals surface area contributed by atoms with Crippen molar-refractivity contribution >= 4 is 17.9 Å². The van der Waals surface area contributed by atoms with Crippen LogP contribution in [0.2, 0.25) is 0 Å². The first kappa shape index (κ1) is 45.3. The molecular formula is C40H69NO7. The summed E-state index contributed by atoms with van der Waals surface area (Å²) >= 11 is 0. The Hall–Kier alpha value is -2.71. The number of carboxylic acids is 1. The van der Waals surface area contributed by atoms with Crippen LogP contribution in [0.3, 0.4) is 0 Å². The topological polar surface area (TPSA) is 102 Å². The molecule has 2 atom stereocenters. The van der Waals surface area contributed by atoms with E-state index in [1.54, 1.807) is 21.1 Å². The van der Waals surface area contributed by atoms with E-state index < -0.39 is 18.1 Å². The quantitative estimate of drug-likeness (QED) is 0.0309. The van der Waals surface area contributed by atoms with Crippen molar-refractivity contribution in [2.75, 3.05) is 41.0 Å². The molecule has 0 heterocycles. The molecule has 0 saturated heterocycles. The van der Waals surface area contributed by atoms with Crippen molar-refractivity contribution in [1.29, 1.82) is 0 Å². The number of esters is 2. The third-order valence-corrected chi connectivity index (χ3v) is 7.96. The van der Waals surface area contributed by atoms with Crippen LogP contribution < -0.4 is 5.11 Å². The molecule has 0 bridgehead atoms. The number of carbonyl (C=O) groups excluding carboxylic acids is 3. The number of aliphatic carboxylic acids is 1. The molecule has 0 spiro atoms. The summed E-state index contributed by atoms with van der Waals surface area (Å²) in [4.78, 5) is 36.4. The molecule has 0 aliphatic rings. The molecule has 0 aromatic rings. The van der Waals surface area contributed by atoms with E-state index >= 15 is 0 Å². The van der Waals surface area contributed by atoms with E-state index in [2.05, 4.69) is 50.3 Å². The molecule has 0 N–H and O–H groups in total. The number of rotatable bonds is 32. The predicted octanol–water partition coefficient (Wildman–Crippen LogP) is 7.96. The maximum atomic E-state index is 12.6. The lowest BCUT2D eigenvalue weighted by atomic mass is 10.1. The molecule has 276 valence electrons. The van der Waals surface area contributed by atoms with E-state index in [0.717, 1.165) is 51.4 Å². The summed E-state index contributed by atoms with van der Waals surface area (Å²) in [6.45, 7) is 4.39. The van der Waals surface area contributed by atoms with Gasteiger partial charge in [-0.05, 0) is 57.8 Å². The summed E-state index contributed by atoms with van der Waals surface area (Å²) in [5, 5.41) is 11.5. The average Bonchev–Trinajstić information content (AvgIpc) is 3.03. The number of ether oxygens (including phenoxy) is 3. The molecule has 0 amide bonds. The maximum Gasteiger partial charge on any atom is 0.306 e. The summed E-state index contributed by atoms with van der Waals surface area (Å²) in [7, 11) is 5.37. The minimum atomic E-state index is -1.14. The van der Waals surface area contributed by atoms with Crippen LogP contribution >= 0.6 is 0 Å². The molecule has 0 aliphatic carbocycles. The highest BCUT2D eigenvalue weighted by molar-refractivity contribution is 5.70. The van der Waals surface area contributed by atoms with Gasteiger partial charge in [0.25, 0.3) is 0 Å². The second-order valence-electron chi connectivity index (χ2n) is 13.4. The number of hydrogen-bond acceptors (Lipinski definition) is 7. The number of nitrogens with zero attached hydrogens (tertiary/aromatic N) is 1. The van der Waals surface area contributed by atoms with Gasteiger partial charge in [-0.15, -0.1) is 0 Å². The zero-order chi connectivity index (χ0) is 35.7. The Morgan fingerprint density at radius 1 is 0.646 bits per heavy atom. The number of likely N-dealkylation sites (N-methyl/N-ethyl adjacent to an activating group) is 1. The lowest BCUT2D eigenvalue weighted by Gasteiger charge is -2.34. The van der Waals surface area contributed by atoms with E-state index in [4.69, 9.17) is 14.2 Å². The lowest BCUT2D eigenvalue weighted by Crippen LogP contribution is -2.55. The lowest BCUT2D eigenvalue weighted by molar-refractivity contribution is -0.889. The number of allylic oxidation sites excluding steroid dienone is 8. The van der Waals surface area contributed by atoms with E-state index in [0.29, 0.717) is 12.8 Å². The summed E-state index contributed by atoms with van der Waals surface area (Å²) in [6.07, 6.45) is 34.6. The third kappa shape index (κ3) is 29.4. The van der Waals surface area contributed by atoms with Gasteiger partial charge in [-0.25, -0.2) is 0 Å². The highest BCUT2D eigenvalue weighted by atomic mass is 16.6. The van der Waals surface area contributed by atoms with Gasteiger partial charge in [0.05, 0.1) is 40.3 Å². The Bertz CT molecular complexity index is 932. The molecule has 8 nitrogen and oxygen atoms in total. The second kappa shape index (κ2) is 31.6. The number of hydrogen-bond donors (Lipinski definition) is 0. The zero-order valence-corrected chi connectivity index (χ0v) is 31.1. The van der Waals surface area contributed by atoms with Crippen molar-refractivity contribution in [3.63, 3.8) is 0 Å². The van der Waals surface area contributed by atoms with Crippen LogP contribution in [0.1, 0.15) is 136 Å². The van der Waals surface area contributed by atoms with Gasteiger partial charge in [0, 0.05) is 19.3 Å². The SMILES string of the molecule is CC/C=C/C/C=C/CCC(=O)OCC(COCCC(C(=O)[O-])[N+](C)(C)C)OC(=O)CCCCCCCCC/C=C/C/C=C/CCCCC. The van der Waals surface area contributed by atoms with Crippen LogP contribution in [0.15, 0.2) is 48.6 Å². The molecule has 0 radical (unpaired) electrons. The fraction of sp³-hybridized carbons (Fsp3) is 0.725. The number of unbranched alkanes of at least 4 members (excludes halogenated alkanes) is 10. The summed E-state index contributed by atoms with van der Waals surface area (Å²) in [6, 6.07) is -0.733.